The first-order valence-electron chi connectivity index (χ1n) is 7.07. The normalized spacial score (nSPS) is 20.9. The van der Waals surface area contributed by atoms with Crippen molar-refractivity contribution in [1.82, 2.24) is 15.5 Å². The molecule has 0 radical (unpaired) electrons. The summed E-state index contributed by atoms with van der Waals surface area (Å²) in [4.78, 5) is 16.3. The lowest BCUT2D eigenvalue weighted by Crippen LogP contribution is -2.28. The minimum atomic E-state index is -0.270. The van der Waals surface area contributed by atoms with Crippen molar-refractivity contribution >= 4 is 5.91 Å². The number of hydrogen-bond donors (Lipinski definition) is 1. The maximum absolute atomic E-state index is 11.9. The van der Waals surface area contributed by atoms with Gasteiger partial charge < -0.3 is 14.6 Å². The summed E-state index contributed by atoms with van der Waals surface area (Å²) in [6, 6.07) is -0.270. The van der Waals surface area contributed by atoms with Gasteiger partial charge in [0.1, 0.15) is 6.04 Å². The topological polar surface area (TPSA) is 77.2 Å². The van der Waals surface area contributed by atoms with Gasteiger partial charge in [-0.3, -0.25) is 4.79 Å². The maximum atomic E-state index is 11.9. The fourth-order valence-corrected chi connectivity index (χ4v) is 2.08. The summed E-state index contributed by atoms with van der Waals surface area (Å²) in [6.07, 6.45) is 1.45. The van der Waals surface area contributed by atoms with Crippen LogP contribution in [0.3, 0.4) is 0 Å². The van der Waals surface area contributed by atoms with Crippen LogP contribution in [0.25, 0.3) is 0 Å². The number of carbonyl (C=O) groups excluding carboxylic acids is 1. The van der Waals surface area contributed by atoms with Gasteiger partial charge in [0.15, 0.2) is 5.82 Å². The van der Waals surface area contributed by atoms with Gasteiger partial charge in [-0.1, -0.05) is 25.9 Å². The zero-order valence-electron chi connectivity index (χ0n) is 12.6. The summed E-state index contributed by atoms with van der Waals surface area (Å²) in [5.41, 5.74) is -0.160. The maximum Gasteiger partial charge on any atom is 0.248 e. The molecule has 1 fully saturated rings. The molecule has 6 heteroatoms. The molecule has 2 unspecified atom stereocenters. The number of nitrogens with one attached hydrogen (secondary N) is 1. The average molecular weight is 281 g/mol. The van der Waals surface area contributed by atoms with E-state index in [2.05, 4.69) is 15.5 Å². The van der Waals surface area contributed by atoms with Crippen molar-refractivity contribution < 1.29 is 14.1 Å². The van der Waals surface area contributed by atoms with Gasteiger partial charge in [-0.15, -0.1) is 0 Å². The van der Waals surface area contributed by atoms with E-state index >= 15 is 0 Å². The summed E-state index contributed by atoms with van der Waals surface area (Å²) in [6.45, 7) is 9.34. The quantitative estimate of drug-likeness (QED) is 0.913. The fourth-order valence-electron chi connectivity index (χ4n) is 2.08. The highest BCUT2D eigenvalue weighted by atomic mass is 16.5. The Morgan fingerprint density at radius 2 is 2.25 bits per heavy atom. The van der Waals surface area contributed by atoms with Crippen molar-refractivity contribution in [3.8, 4) is 0 Å². The Morgan fingerprint density at radius 1 is 1.50 bits per heavy atom. The first-order chi connectivity index (χ1) is 9.36. The first kappa shape index (κ1) is 15.0. The van der Waals surface area contributed by atoms with Crippen molar-refractivity contribution in [1.29, 1.82) is 0 Å². The molecule has 0 saturated carbocycles. The van der Waals surface area contributed by atoms with Gasteiger partial charge in [0.25, 0.3) is 0 Å². The fraction of sp³-hybridized carbons (Fsp3) is 0.786. The molecule has 1 aliphatic heterocycles. The summed E-state index contributed by atoms with van der Waals surface area (Å²) in [5, 5.41) is 6.86. The summed E-state index contributed by atoms with van der Waals surface area (Å²) in [5.74, 6) is 1.43. The monoisotopic (exact) mass is 281 g/mol. The highest BCUT2D eigenvalue weighted by Crippen LogP contribution is 2.21. The van der Waals surface area contributed by atoms with E-state index in [9.17, 15) is 4.79 Å². The molecule has 1 saturated heterocycles. The van der Waals surface area contributed by atoms with E-state index in [4.69, 9.17) is 9.26 Å². The Labute approximate surface area is 119 Å². The van der Waals surface area contributed by atoms with Crippen molar-refractivity contribution in [2.45, 2.75) is 52.0 Å². The van der Waals surface area contributed by atoms with Gasteiger partial charge in [0.05, 0.1) is 0 Å². The van der Waals surface area contributed by atoms with E-state index in [1.165, 1.54) is 0 Å². The Morgan fingerprint density at radius 3 is 2.80 bits per heavy atom. The number of amides is 1. The predicted molar refractivity (Wildman–Crippen MR) is 73.1 cm³/mol. The molecule has 1 aromatic rings. The lowest BCUT2D eigenvalue weighted by atomic mass is 9.96. The molecule has 0 aromatic carbocycles. The van der Waals surface area contributed by atoms with E-state index < -0.39 is 0 Å². The first-order valence-corrected chi connectivity index (χ1v) is 7.07. The second-order valence-electron chi connectivity index (χ2n) is 6.43. The van der Waals surface area contributed by atoms with Crippen LogP contribution in [0.2, 0.25) is 0 Å². The van der Waals surface area contributed by atoms with E-state index in [1.54, 1.807) is 0 Å². The summed E-state index contributed by atoms with van der Waals surface area (Å²) >= 11 is 0. The second-order valence-corrected chi connectivity index (χ2v) is 6.43. The Hall–Kier alpha value is -1.43. The third-order valence-corrected chi connectivity index (χ3v) is 3.36. The van der Waals surface area contributed by atoms with Gasteiger partial charge >= 0.3 is 0 Å². The Kier molecular flexibility index (Phi) is 4.42. The third-order valence-electron chi connectivity index (χ3n) is 3.36. The second kappa shape index (κ2) is 5.91. The smallest absolute Gasteiger partial charge is 0.248 e. The van der Waals surface area contributed by atoms with E-state index in [1.807, 2.05) is 27.7 Å². The molecule has 0 aliphatic carbocycles. The standard InChI is InChI=1S/C14H23N3O3/c1-9(12-16-13(17-20-12)14(2,3)4)15-11(18)7-10-5-6-19-8-10/h9-10H,5-8H2,1-4H3,(H,15,18). The van der Waals surface area contributed by atoms with Crippen LogP contribution in [0, 0.1) is 5.92 Å². The van der Waals surface area contributed by atoms with Crippen LogP contribution in [0.1, 0.15) is 58.3 Å². The van der Waals surface area contributed by atoms with Crippen LogP contribution in [0.4, 0.5) is 0 Å². The molecular formula is C14H23N3O3. The predicted octanol–water partition coefficient (Wildman–Crippen LogP) is 1.97. The van der Waals surface area contributed by atoms with E-state index in [-0.39, 0.29) is 17.4 Å². The number of nitrogens with zero attached hydrogens (tertiary/aromatic N) is 2. The van der Waals surface area contributed by atoms with Crippen molar-refractivity contribution in [2.24, 2.45) is 5.92 Å². The molecule has 2 rings (SSSR count). The summed E-state index contributed by atoms with van der Waals surface area (Å²) < 4.78 is 10.5. The Balaban J connectivity index is 1.89. The molecule has 6 nitrogen and oxygen atoms in total. The lowest BCUT2D eigenvalue weighted by molar-refractivity contribution is -0.122. The largest absolute Gasteiger partial charge is 0.381 e. The molecule has 2 atom stereocenters. The van der Waals surface area contributed by atoms with Crippen LogP contribution >= 0.6 is 0 Å². The van der Waals surface area contributed by atoms with Gasteiger partial charge in [0.2, 0.25) is 11.8 Å². The van der Waals surface area contributed by atoms with Crippen LogP contribution in [-0.2, 0) is 14.9 Å². The summed E-state index contributed by atoms with van der Waals surface area (Å²) in [7, 11) is 0. The zero-order valence-corrected chi connectivity index (χ0v) is 12.6. The number of ether oxygens (including phenoxy) is 1. The Bertz CT molecular complexity index is 458. The minimum Gasteiger partial charge on any atom is -0.381 e. The molecule has 2 heterocycles. The van der Waals surface area contributed by atoms with Gasteiger partial charge in [-0.25, -0.2) is 0 Å². The molecule has 112 valence electrons. The molecular weight excluding hydrogens is 258 g/mol. The van der Waals surface area contributed by atoms with Crippen LogP contribution in [0.15, 0.2) is 4.52 Å². The van der Waals surface area contributed by atoms with Crippen molar-refractivity contribution in [3.63, 3.8) is 0 Å². The molecule has 20 heavy (non-hydrogen) atoms. The van der Waals surface area contributed by atoms with Crippen molar-refractivity contribution in [2.75, 3.05) is 13.2 Å². The lowest BCUT2D eigenvalue weighted by Gasteiger charge is -2.13. The van der Waals surface area contributed by atoms with Crippen molar-refractivity contribution in [3.05, 3.63) is 11.7 Å². The molecule has 1 aliphatic rings. The zero-order chi connectivity index (χ0) is 14.8. The minimum absolute atomic E-state index is 0.00325. The number of hydrogen-bond acceptors (Lipinski definition) is 5. The number of carbonyl (C=O) groups is 1. The van der Waals surface area contributed by atoms with E-state index in [0.717, 1.165) is 13.0 Å². The third kappa shape index (κ3) is 3.79. The number of aromatic nitrogens is 2. The molecule has 1 N–H and O–H groups in total. The molecule has 0 spiro atoms. The van der Waals surface area contributed by atoms with Gasteiger partial charge in [-0.2, -0.15) is 4.98 Å². The number of rotatable bonds is 4. The highest BCUT2D eigenvalue weighted by molar-refractivity contribution is 5.76. The average Bonchev–Trinajstić information content (AvgIpc) is 2.97. The molecule has 0 bridgehead atoms. The van der Waals surface area contributed by atoms with Crippen LogP contribution < -0.4 is 5.32 Å². The highest BCUT2D eigenvalue weighted by Gasteiger charge is 2.25. The van der Waals surface area contributed by atoms with Gasteiger partial charge in [-0.05, 0) is 19.3 Å². The van der Waals surface area contributed by atoms with E-state index in [0.29, 0.717) is 30.7 Å². The van der Waals surface area contributed by atoms with Gasteiger partial charge in [0, 0.05) is 25.0 Å². The molecule has 1 aromatic heterocycles. The van der Waals surface area contributed by atoms with Crippen LogP contribution in [0.5, 0.6) is 0 Å². The van der Waals surface area contributed by atoms with Crippen LogP contribution in [-0.4, -0.2) is 29.3 Å². The molecule has 1 amide bonds. The SMILES string of the molecule is CC(NC(=O)CC1CCOC1)c1nc(C(C)(C)C)no1.